The van der Waals surface area contributed by atoms with Gasteiger partial charge in [0.2, 0.25) is 11.8 Å². The number of methoxy groups -OCH3 is 1. The predicted molar refractivity (Wildman–Crippen MR) is 215 cm³/mol. The van der Waals surface area contributed by atoms with Crippen molar-refractivity contribution >= 4 is 35.0 Å². The van der Waals surface area contributed by atoms with E-state index in [1.54, 1.807) is 57.3 Å². The standard InChI is InChI=1S/C30H28ClFN4O3.C10H20N2O.C2H6/c1-16-19(9-7-11-24(16)33-28(37)22-15-35(3)17(2)36(4)30(22)38)26-23(32)13-12-21(27(26)31)25-14-18-8-6-10-20(18)29(34-25)39-5;1-4-10(5-6-11-7-10)12-9(13)8(2)3;1-2/h7,9,11-15H,2,6,8,10H2,1,3-5H3,(H,33,37);8,11H,4-7H2,1-3H3,(H,12,13);1-2H3. The first-order valence-corrected chi connectivity index (χ1v) is 19.0. The second kappa shape index (κ2) is 18.1. The molecule has 1 aliphatic carbocycles. The second-order valence-corrected chi connectivity index (χ2v) is 14.2. The molecule has 3 N–H and O–H groups in total. The van der Waals surface area contributed by atoms with Crippen LogP contribution in [-0.2, 0) is 27.2 Å². The summed E-state index contributed by atoms with van der Waals surface area (Å²) in [6, 6.07) is 10.1. The molecule has 3 amide bonds. The molecule has 2 aromatic carbocycles. The normalized spacial score (nSPS) is 17.6. The molecule has 12 heteroatoms. The van der Waals surface area contributed by atoms with Crippen molar-refractivity contribution in [1.82, 2.24) is 25.4 Å². The van der Waals surface area contributed by atoms with Gasteiger partial charge in [-0.05, 0) is 86.5 Å². The highest BCUT2D eigenvalue weighted by atomic mass is 35.5. The van der Waals surface area contributed by atoms with Crippen LogP contribution in [0.4, 0.5) is 10.1 Å². The highest BCUT2D eigenvalue weighted by molar-refractivity contribution is 6.36. The van der Waals surface area contributed by atoms with E-state index in [1.807, 2.05) is 33.8 Å². The highest BCUT2D eigenvalue weighted by Gasteiger charge is 2.34. The Balaban J connectivity index is 0.000000365. The van der Waals surface area contributed by atoms with E-state index in [0.717, 1.165) is 56.3 Å². The third-order valence-corrected chi connectivity index (χ3v) is 10.6. The maximum Gasteiger partial charge on any atom is 0.266 e. The largest absolute Gasteiger partial charge is 0.481 e. The Bertz CT molecular complexity index is 1940. The number of fused-ring (bicyclic) bond motifs is 1. The first-order valence-electron chi connectivity index (χ1n) is 18.6. The lowest BCUT2D eigenvalue weighted by Crippen LogP contribution is -2.50. The summed E-state index contributed by atoms with van der Waals surface area (Å²) in [4.78, 5) is 44.9. The predicted octanol–water partition coefficient (Wildman–Crippen LogP) is 7.64. The molecule has 2 aliphatic heterocycles. The van der Waals surface area contributed by atoms with Gasteiger partial charge in [-0.3, -0.25) is 19.3 Å². The molecule has 0 radical (unpaired) electrons. The van der Waals surface area contributed by atoms with E-state index >= 15 is 4.39 Å². The Kier molecular flexibility index (Phi) is 14.0. The fourth-order valence-electron chi connectivity index (χ4n) is 6.74. The van der Waals surface area contributed by atoms with Gasteiger partial charge in [0.25, 0.3) is 11.8 Å². The number of benzene rings is 2. The van der Waals surface area contributed by atoms with Crippen LogP contribution in [0.25, 0.3) is 22.4 Å². The number of aryl methyl sites for hydroxylation is 1. The van der Waals surface area contributed by atoms with Gasteiger partial charge in [0, 0.05) is 55.1 Å². The van der Waals surface area contributed by atoms with Crippen LogP contribution in [0.2, 0.25) is 5.02 Å². The number of likely N-dealkylation sites (N-methyl/N-ethyl adjacent to an activating group) is 1. The van der Waals surface area contributed by atoms with Crippen molar-refractivity contribution in [3.63, 3.8) is 0 Å². The number of pyridine rings is 1. The lowest BCUT2D eigenvalue weighted by Gasteiger charge is -2.31. The fourth-order valence-corrected chi connectivity index (χ4v) is 7.09. The molecule has 10 nitrogen and oxygen atoms in total. The average Bonchev–Trinajstić information content (AvgIpc) is 3.84. The minimum absolute atomic E-state index is 0.0291. The lowest BCUT2D eigenvalue weighted by molar-refractivity contribution is -0.128. The fraction of sp³-hybridized carbons (Fsp3) is 0.429. The number of halogens is 2. The Morgan fingerprint density at radius 1 is 1.15 bits per heavy atom. The van der Waals surface area contributed by atoms with Gasteiger partial charge in [0.1, 0.15) is 17.2 Å². The van der Waals surface area contributed by atoms with E-state index in [4.69, 9.17) is 16.3 Å². The number of ether oxygens (including phenoxy) is 1. The zero-order valence-electron chi connectivity index (χ0n) is 33.0. The summed E-state index contributed by atoms with van der Waals surface area (Å²) < 4.78 is 20.9. The number of carbonyl (C=O) groups excluding carboxylic acids is 3. The number of anilines is 1. The number of nitrogens with zero attached hydrogens (tertiary/aromatic N) is 3. The molecule has 6 rings (SSSR count). The molecule has 54 heavy (non-hydrogen) atoms. The van der Waals surface area contributed by atoms with Crippen LogP contribution in [0, 0.1) is 18.7 Å². The molecule has 0 bridgehead atoms. The molecule has 1 unspecified atom stereocenters. The Hall–Kier alpha value is -4.74. The molecular weight excluding hydrogens is 707 g/mol. The van der Waals surface area contributed by atoms with E-state index in [-0.39, 0.29) is 33.5 Å². The van der Waals surface area contributed by atoms with Crippen molar-refractivity contribution in [2.24, 2.45) is 5.92 Å². The third-order valence-electron chi connectivity index (χ3n) is 10.2. The van der Waals surface area contributed by atoms with Gasteiger partial charge < -0.3 is 25.6 Å². The van der Waals surface area contributed by atoms with Gasteiger partial charge in [-0.15, -0.1) is 0 Å². The van der Waals surface area contributed by atoms with E-state index in [2.05, 4.69) is 34.4 Å². The average molecular weight is 761 g/mol. The molecule has 1 fully saturated rings. The molecule has 3 heterocycles. The van der Waals surface area contributed by atoms with E-state index in [0.29, 0.717) is 39.8 Å². The van der Waals surface area contributed by atoms with Crippen LogP contribution in [0.1, 0.15) is 70.6 Å². The summed E-state index contributed by atoms with van der Waals surface area (Å²) >= 11 is 6.87. The summed E-state index contributed by atoms with van der Waals surface area (Å²) in [7, 11) is 4.85. The number of nitrogens with one attached hydrogen (secondary N) is 3. The number of aromatic nitrogens is 1. The molecule has 1 saturated heterocycles. The van der Waals surface area contributed by atoms with Gasteiger partial charge in [0.05, 0.1) is 23.4 Å². The minimum Gasteiger partial charge on any atom is -0.481 e. The molecule has 0 spiro atoms. The zero-order valence-corrected chi connectivity index (χ0v) is 33.8. The van der Waals surface area contributed by atoms with Crippen molar-refractivity contribution in [3.05, 3.63) is 88.1 Å². The monoisotopic (exact) mass is 760 g/mol. The quantitative estimate of drug-likeness (QED) is 0.202. The summed E-state index contributed by atoms with van der Waals surface area (Å²) in [6.07, 6.45) is 6.38. The van der Waals surface area contributed by atoms with Crippen LogP contribution >= 0.6 is 11.6 Å². The van der Waals surface area contributed by atoms with E-state index < -0.39 is 17.6 Å². The van der Waals surface area contributed by atoms with Crippen molar-refractivity contribution in [1.29, 1.82) is 0 Å². The highest BCUT2D eigenvalue weighted by Crippen LogP contribution is 2.42. The SMILES string of the molecule is C=C1N(C)C=C(C(=O)Nc2cccc(-c3c(F)ccc(-c4cc5c(c(OC)n4)CCC5)c3Cl)c2C)C(=O)N1C.CC.CCC1(NC(=O)C(C)C)CCNC1. The van der Waals surface area contributed by atoms with Gasteiger partial charge in [0.15, 0.2) is 0 Å². The van der Waals surface area contributed by atoms with Crippen LogP contribution in [0.15, 0.2) is 60.6 Å². The number of rotatable bonds is 8. The van der Waals surface area contributed by atoms with Crippen molar-refractivity contribution in [2.75, 3.05) is 39.6 Å². The second-order valence-electron chi connectivity index (χ2n) is 13.9. The smallest absolute Gasteiger partial charge is 0.266 e. The Labute approximate surface area is 324 Å². The van der Waals surface area contributed by atoms with Crippen LogP contribution in [0.3, 0.4) is 0 Å². The molecule has 3 aliphatic rings. The number of hydrogen-bond acceptors (Lipinski definition) is 7. The number of amides is 3. The number of carbonyl (C=O) groups is 3. The first kappa shape index (κ1) is 42.0. The molecule has 3 aromatic rings. The summed E-state index contributed by atoms with van der Waals surface area (Å²) in [5.74, 6) is -0.279. The van der Waals surface area contributed by atoms with Crippen LogP contribution < -0.4 is 20.7 Å². The van der Waals surface area contributed by atoms with Crippen molar-refractivity contribution < 1.29 is 23.5 Å². The maximum atomic E-state index is 15.3. The van der Waals surface area contributed by atoms with Gasteiger partial charge in [-0.1, -0.05) is 64.9 Å². The van der Waals surface area contributed by atoms with Crippen molar-refractivity contribution in [2.45, 2.75) is 79.2 Å². The molecule has 1 atom stereocenters. The van der Waals surface area contributed by atoms with Crippen molar-refractivity contribution in [3.8, 4) is 28.3 Å². The summed E-state index contributed by atoms with van der Waals surface area (Å²) in [5.41, 5.74) is 5.18. The third kappa shape index (κ3) is 8.79. The molecule has 290 valence electrons. The molecular formula is C42H54ClFN6O4. The van der Waals surface area contributed by atoms with E-state index in [9.17, 15) is 14.4 Å². The first-order chi connectivity index (χ1) is 25.7. The van der Waals surface area contributed by atoms with Gasteiger partial charge in [-0.2, -0.15) is 0 Å². The maximum absolute atomic E-state index is 15.3. The topological polar surface area (TPSA) is 116 Å². The number of hydrogen-bond donors (Lipinski definition) is 3. The molecule has 0 saturated carbocycles. The lowest BCUT2D eigenvalue weighted by atomic mass is 9.94. The van der Waals surface area contributed by atoms with Gasteiger partial charge in [-0.25, -0.2) is 9.37 Å². The van der Waals surface area contributed by atoms with Crippen LogP contribution in [0.5, 0.6) is 5.88 Å². The summed E-state index contributed by atoms with van der Waals surface area (Å²) in [5, 5.41) is 9.44. The van der Waals surface area contributed by atoms with E-state index in [1.165, 1.54) is 17.2 Å². The van der Waals surface area contributed by atoms with Gasteiger partial charge >= 0.3 is 0 Å². The van der Waals surface area contributed by atoms with Crippen LogP contribution in [-0.4, -0.2) is 72.3 Å². The zero-order chi connectivity index (χ0) is 39.9. The molecule has 1 aromatic heterocycles. The Morgan fingerprint density at radius 3 is 2.50 bits per heavy atom. The summed E-state index contributed by atoms with van der Waals surface area (Å²) in [6.45, 7) is 17.5. The Morgan fingerprint density at radius 2 is 1.87 bits per heavy atom. The minimum atomic E-state index is -0.582.